The van der Waals surface area contributed by atoms with Gasteiger partial charge in [0.2, 0.25) is 0 Å². The van der Waals surface area contributed by atoms with E-state index < -0.39 is 0 Å². The van der Waals surface area contributed by atoms with E-state index in [9.17, 15) is 0 Å². The van der Waals surface area contributed by atoms with Gasteiger partial charge in [0.25, 0.3) is 0 Å². The summed E-state index contributed by atoms with van der Waals surface area (Å²) in [6, 6.07) is 8.98. The molecule has 1 aromatic rings. The number of fused-ring (bicyclic) bond motifs is 1. The minimum absolute atomic E-state index is 0.860. The van der Waals surface area contributed by atoms with Crippen molar-refractivity contribution in [1.29, 1.82) is 0 Å². The highest BCUT2D eigenvalue weighted by molar-refractivity contribution is 5.28. The molecule has 0 heterocycles. The third kappa shape index (κ3) is 2.17. The summed E-state index contributed by atoms with van der Waals surface area (Å²) < 4.78 is 0. The SMILES string of the molecule is CC1CCC(C)Cc2ccccc2C1. The van der Waals surface area contributed by atoms with Gasteiger partial charge in [0.15, 0.2) is 0 Å². The Balaban J connectivity index is 2.28. The number of hydrogen-bond acceptors (Lipinski definition) is 0. The summed E-state index contributed by atoms with van der Waals surface area (Å²) >= 11 is 0. The second-order valence-corrected chi connectivity index (χ2v) is 4.96. The van der Waals surface area contributed by atoms with Crippen molar-refractivity contribution in [2.45, 2.75) is 39.5 Å². The van der Waals surface area contributed by atoms with E-state index in [1.165, 1.54) is 25.7 Å². The van der Waals surface area contributed by atoms with Gasteiger partial charge in [0.1, 0.15) is 0 Å². The van der Waals surface area contributed by atoms with Gasteiger partial charge in [-0.3, -0.25) is 0 Å². The lowest BCUT2D eigenvalue weighted by Crippen LogP contribution is -2.12. The van der Waals surface area contributed by atoms with Crippen LogP contribution in [0.2, 0.25) is 0 Å². The largest absolute Gasteiger partial charge is 0.0622 e. The van der Waals surface area contributed by atoms with E-state index >= 15 is 0 Å². The molecule has 2 atom stereocenters. The molecular weight excluding hydrogens is 168 g/mol. The number of hydrogen-bond donors (Lipinski definition) is 0. The van der Waals surface area contributed by atoms with Gasteiger partial charge < -0.3 is 0 Å². The molecular formula is C14H20. The summed E-state index contributed by atoms with van der Waals surface area (Å²) in [5, 5.41) is 0. The van der Waals surface area contributed by atoms with E-state index in [-0.39, 0.29) is 0 Å². The smallest absolute Gasteiger partial charge is 0.0250 e. The van der Waals surface area contributed by atoms with Crippen molar-refractivity contribution in [1.82, 2.24) is 0 Å². The van der Waals surface area contributed by atoms with Crippen LogP contribution in [0.3, 0.4) is 0 Å². The summed E-state index contributed by atoms with van der Waals surface area (Å²) in [5.74, 6) is 1.72. The van der Waals surface area contributed by atoms with Gasteiger partial charge in [-0.25, -0.2) is 0 Å². The first-order valence-corrected chi connectivity index (χ1v) is 5.82. The monoisotopic (exact) mass is 188 g/mol. The molecule has 0 bridgehead atoms. The van der Waals surface area contributed by atoms with E-state index in [0.717, 1.165) is 11.8 Å². The first-order chi connectivity index (χ1) is 6.75. The highest BCUT2D eigenvalue weighted by Gasteiger charge is 2.15. The van der Waals surface area contributed by atoms with Crippen LogP contribution in [0, 0.1) is 11.8 Å². The molecule has 0 amide bonds. The second kappa shape index (κ2) is 4.16. The van der Waals surface area contributed by atoms with E-state index in [0.29, 0.717) is 0 Å². The normalized spacial score (nSPS) is 27.6. The summed E-state index contributed by atoms with van der Waals surface area (Å²) in [5.41, 5.74) is 3.18. The number of benzene rings is 1. The van der Waals surface area contributed by atoms with Gasteiger partial charge in [-0.15, -0.1) is 0 Å². The highest BCUT2D eigenvalue weighted by Crippen LogP contribution is 2.26. The standard InChI is InChI=1S/C14H20/c1-11-7-8-12(2)10-14-6-4-3-5-13(14)9-11/h3-6,11-12H,7-10H2,1-2H3. The van der Waals surface area contributed by atoms with Gasteiger partial charge in [-0.1, -0.05) is 51.0 Å². The van der Waals surface area contributed by atoms with Crippen LogP contribution in [0.5, 0.6) is 0 Å². The predicted molar refractivity (Wildman–Crippen MR) is 61.4 cm³/mol. The Morgan fingerprint density at radius 2 is 1.29 bits per heavy atom. The molecule has 1 aliphatic rings. The maximum atomic E-state index is 2.38. The average molecular weight is 188 g/mol. The zero-order valence-electron chi connectivity index (χ0n) is 9.29. The molecule has 14 heavy (non-hydrogen) atoms. The van der Waals surface area contributed by atoms with Crippen LogP contribution in [0.1, 0.15) is 37.8 Å². The van der Waals surface area contributed by atoms with Gasteiger partial charge in [-0.2, -0.15) is 0 Å². The van der Waals surface area contributed by atoms with E-state index in [2.05, 4.69) is 38.1 Å². The van der Waals surface area contributed by atoms with E-state index in [4.69, 9.17) is 0 Å². The molecule has 0 aromatic heterocycles. The van der Waals surface area contributed by atoms with E-state index in [1.54, 1.807) is 11.1 Å². The van der Waals surface area contributed by atoms with Crippen LogP contribution < -0.4 is 0 Å². The fourth-order valence-electron chi connectivity index (χ4n) is 2.48. The van der Waals surface area contributed by atoms with Gasteiger partial charge in [0.05, 0.1) is 0 Å². The Morgan fingerprint density at radius 1 is 0.857 bits per heavy atom. The molecule has 1 aliphatic carbocycles. The average Bonchev–Trinajstić information content (AvgIpc) is 2.16. The zero-order valence-corrected chi connectivity index (χ0v) is 9.29. The lowest BCUT2D eigenvalue weighted by molar-refractivity contribution is 0.411. The van der Waals surface area contributed by atoms with Crippen LogP contribution in [0.15, 0.2) is 24.3 Å². The summed E-state index contributed by atoms with van der Waals surface area (Å²) in [4.78, 5) is 0. The molecule has 0 saturated heterocycles. The van der Waals surface area contributed by atoms with E-state index in [1.807, 2.05) is 0 Å². The summed E-state index contributed by atoms with van der Waals surface area (Å²) in [6.07, 6.45) is 5.36. The van der Waals surface area contributed by atoms with Crippen molar-refractivity contribution in [3.63, 3.8) is 0 Å². The Morgan fingerprint density at radius 3 is 1.71 bits per heavy atom. The Kier molecular flexibility index (Phi) is 2.90. The first-order valence-electron chi connectivity index (χ1n) is 5.82. The Hall–Kier alpha value is -0.780. The van der Waals surface area contributed by atoms with Crippen molar-refractivity contribution >= 4 is 0 Å². The minimum atomic E-state index is 0.860. The third-order valence-electron chi connectivity index (χ3n) is 3.41. The van der Waals surface area contributed by atoms with Crippen LogP contribution >= 0.6 is 0 Å². The fraction of sp³-hybridized carbons (Fsp3) is 0.571. The van der Waals surface area contributed by atoms with Crippen LogP contribution in [0.25, 0.3) is 0 Å². The molecule has 0 saturated carbocycles. The molecule has 2 unspecified atom stereocenters. The molecule has 0 nitrogen and oxygen atoms in total. The van der Waals surface area contributed by atoms with Crippen molar-refractivity contribution in [2.75, 3.05) is 0 Å². The summed E-state index contributed by atoms with van der Waals surface area (Å²) in [6.45, 7) is 4.77. The molecule has 0 radical (unpaired) electrons. The quantitative estimate of drug-likeness (QED) is 0.580. The van der Waals surface area contributed by atoms with Crippen molar-refractivity contribution in [3.8, 4) is 0 Å². The molecule has 0 spiro atoms. The zero-order chi connectivity index (χ0) is 9.97. The second-order valence-electron chi connectivity index (χ2n) is 4.96. The number of rotatable bonds is 0. The molecule has 0 fully saturated rings. The lowest BCUT2D eigenvalue weighted by atomic mass is 9.83. The van der Waals surface area contributed by atoms with Crippen molar-refractivity contribution in [3.05, 3.63) is 35.4 Å². The molecule has 0 aliphatic heterocycles. The Labute approximate surface area is 87.3 Å². The highest BCUT2D eigenvalue weighted by atomic mass is 14.2. The molecule has 2 rings (SSSR count). The molecule has 76 valence electrons. The maximum absolute atomic E-state index is 2.38. The molecule has 0 N–H and O–H groups in total. The third-order valence-corrected chi connectivity index (χ3v) is 3.41. The molecule has 0 heteroatoms. The van der Waals surface area contributed by atoms with Crippen molar-refractivity contribution < 1.29 is 0 Å². The fourth-order valence-corrected chi connectivity index (χ4v) is 2.48. The van der Waals surface area contributed by atoms with Gasteiger partial charge in [-0.05, 0) is 35.8 Å². The van der Waals surface area contributed by atoms with Crippen LogP contribution in [-0.4, -0.2) is 0 Å². The summed E-state index contributed by atoms with van der Waals surface area (Å²) in [7, 11) is 0. The maximum Gasteiger partial charge on any atom is -0.0250 e. The van der Waals surface area contributed by atoms with Crippen LogP contribution in [0.4, 0.5) is 0 Å². The van der Waals surface area contributed by atoms with Crippen molar-refractivity contribution in [2.24, 2.45) is 11.8 Å². The first kappa shape index (κ1) is 9.76. The topological polar surface area (TPSA) is 0 Å². The predicted octanol–water partition coefficient (Wildman–Crippen LogP) is 3.84. The van der Waals surface area contributed by atoms with Crippen LogP contribution in [-0.2, 0) is 12.8 Å². The minimum Gasteiger partial charge on any atom is -0.0622 e. The molecule has 1 aromatic carbocycles. The Bertz CT molecular complexity index is 270. The van der Waals surface area contributed by atoms with Gasteiger partial charge >= 0.3 is 0 Å². The lowest BCUT2D eigenvalue weighted by Gasteiger charge is -2.22. The van der Waals surface area contributed by atoms with Gasteiger partial charge in [0, 0.05) is 0 Å².